The molecule has 106 valence electrons. The first-order valence-electron chi connectivity index (χ1n) is 5.30. The molecule has 0 heterocycles. The van der Waals surface area contributed by atoms with Crippen LogP contribution in [0.4, 0.5) is 5.69 Å². The molecule has 8 nitrogen and oxygen atoms in total. The average molecular weight is 289 g/mol. The lowest BCUT2D eigenvalue weighted by Gasteiger charge is -2.23. The summed E-state index contributed by atoms with van der Waals surface area (Å²) in [7, 11) is -3.95. The SMILES string of the molecule is CC(C)(CN)NS(=O)(=O)c1ccc(O)c([N+](=O)[O-])c1. The number of nitro groups is 1. The molecule has 4 N–H and O–H groups in total. The van der Waals surface area contributed by atoms with E-state index < -0.39 is 31.9 Å². The van der Waals surface area contributed by atoms with Crippen LogP contribution >= 0.6 is 0 Å². The summed E-state index contributed by atoms with van der Waals surface area (Å²) in [5, 5.41) is 19.9. The summed E-state index contributed by atoms with van der Waals surface area (Å²) in [5.74, 6) is -0.595. The predicted molar refractivity (Wildman–Crippen MR) is 68.2 cm³/mol. The van der Waals surface area contributed by atoms with Crippen molar-refractivity contribution < 1.29 is 18.4 Å². The second kappa shape index (κ2) is 5.11. The molecule has 0 unspecified atom stereocenters. The van der Waals surface area contributed by atoms with Gasteiger partial charge in [-0.1, -0.05) is 0 Å². The first-order valence-corrected chi connectivity index (χ1v) is 6.79. The Morgan fingerprint density at radius 2 is 2.05 bits per heavy atom. The van der Waals surface area contributed by atoms with Gasteiger partial charge < -0.3 is 10.8 Å². The zero-order valence-electron chi connectivity index (χ0n) is 10.5. The predicted octanol–water partition coefficient (Wildman–Crippen LogP) is 0.316. The molecular formula is C10H15N3O5S. The van der Waals surface area contributed by atoms with Gasteiger partial charge in [0.15, 0.2) is 5.75 Å². The van der Waals surface area contributed by atoms with E-state index in [-0.39, 0.29) is 11.4 Å². The summed E-state index contributed by atoms with van der Waals surface area (Å²) < 4.78 is 26.4. The van der Waals surface area contributed by atoms with E-state index in [1.54, 1.807) is 13.8 Å². The highest BCUT2D eigenvalue weighted by Crippen LogP contribution is 2.28. The standard InChI is InChI=1S/C10H15N3O5S/c1-10(2,6-11)12-19(17,18)7-3-4-9(14)8(5-7)13(15)16/h3-5,12,14H,6,11H2,1-2H3. The van der Waals surface area contributed by atoms with Gasteiger partial charge in [-0.3, -0.25) is 10.1 Å². The zero-order valence-corrected chi connectivity index (χ0v) is 11.3. The molecular weight excluding hydrogens is 274 g/mol. The van der Waals surface area contributed by atoms with Crippen molar-refractivity contribution in [2.24, 2.45) is 5.73 Å². The van der Waals surface area contributed by atoms with Crippen LogP contribution in [0, 0.1) is 10.1 Å². The molecule has 0 aliphatic carbocycles. The molecule has 1 aromatic carbocycles. The van der Waals surface area contributed by atoms with E-state index in [4.69, 9.17) is 5.73 Å². The van der Waals surface area contributed by atoms with Crippen molar-refractivity contribution in [3.63, 3.8) is 0 Å². The smallest absolute Gasteiger partial charge is 0.312 e. The van der Waals surface area contributed by atoms with Gasteiger partial charge in [0, 0.05) is 18.2 Å². The van der Waals surface area contributed by atoms with Crippen molar-refractivity contribution in [1.29, 1.82) is 0 Å². The number of hydrogen-bond acceptors (Lipinski definition) is 6. The first-order chi connectivity index (χ1) is 8.59. The Labute approximate surface area is 110 Å². The quantitative estimate of drug-likeness (QED) is 0.527. The monoisotopic (exact) mass is 289 g/mol. The number of nitrogens with zero attached hydrogens (tertiary/aromatic N) is 1. The summed E-state index contributed by atoms with van der Waals surface area (Å²) >= 11 is 0. The third-order valence-electron chi connectivity index (χ3n) is 2.37. The topological polar surface area (TPSA) is 136 Å². The number of phenolic OH excluding ortho intramolecular Hbond substituents is 1. The summed E-state index contributed by atoms with van der Waals surface area (Å²) in [6, 6.07) is 2.84. The van der Waals surface area contributed by atoms with Crippen LogP contribution in [0.15, 0.2) is 23.1 Å². The summed E-state index contributed by atoms with van der Waals surface area (Å²) in [6.07, 6.45) is 0. The summed E-state index contributed by atoms with van der Waals surface area (Å²) in [4.78, 5) is 9.49. The Morgan fingerprint density at radius 1 is 1.47 bits per heavy atom. The lowest BCUT2D eigenvalue weighted by molar-refractivity contribution is -0.386. The number of phenols is 1. The molecule has 0 fully saturated rings. The minimum absolute atomic E-state index is 0.0619. The second-order valence-electron chi connectivity index (χ2n) is 4.60. The molecule has 9 heteroatoms. The highest BCUT2D eigenvalue weighted by atomic mass is 32.2. The lowest BCUT2D eigenvalue weighted by Crippen LogP contribution is -2.48. The minimum Gasteiger partial charge on any atom is -0.502 e. The van der Waals surface area contributed by atoms with E-state index >= 15 is 0 Å². The van der Waals surface area contributed by atoms with Gasteiger partial charge in [-0.15, -0.1) is 0 Å². The molecule has 0 spiro atoms. The summed E-state index contributed by atoms with van der Waals surface area (Å²) in [6.45, 7) is 3.23. The maximum Gasteiger partial charge on any atom is 0.312 e. The van der Waals surface area contributed by atoms with Crippen molar-refractivity contribution in [3.05, 3.63) is 28.3 Å². The van der Waals surface area contributed by atoms with Crippen LogP contribution < -0.4 is 10.5 Å². The van der Waals surface area contributed by atoms with Gasteiger partial charge in [0.1, 0.15) is 0 Å². The number of rotatable bonds is 5. The highest BCUT2D eigenvalue weighted by Gasteiger charge is 2.27. The van der Waals surface area contributed by atoms with Crippen molar-refractivity contribution >= 4 is 15.7 Å². The van der Waals surface area contributed by atoms with Crippen LogP contribution in [0.3, 0.4) is 0 Å². The molecule has 0 radical (unpaired) electrons. The van der Waals surface area contributed by atoms with Crippen molar-refractivity contribution in [3.8, 4) is 5.75 Å². The summed E-state index contributed by atoms with van der Waals surface area (Å²) in [5.41, 5.74) is 3.86. The first kappa shape index (κ1) is 15.3. The number of nitrogens with one attached hydrogen (secondary N) is 1. The fourth-order valence-electron chi connectivity index (χ4n) is 1.28. The number of nitrogens with two attached hydrogens (primary N) is 1. The van der Waals surface area contributed by atoms with Gasteiger partial charge >= 0.3 is 5.69 Å². The van der Waals surface area contributed by atoms with Crippen LogP contribution in [0.25, 0.3) is 0 Å². The molecule has 19 heavy (non-hydrogen) atoms. The number of sulfonamides is 1. The molecule has 0 saturated carbocycles. The Hall–Kier alpha value is -1.71. The van der Waals surface area contributed by atoms with E-state index in [2.05, 4.69) is 4.72 Å². The highest BCUT2D eigenvalue weighted by molar-refractivity contribution is 7.89. The fourth-order valence-corrected chi connectivity index (χ4v) is 2.72. The maximum absolute atomic E-state index is 12.0. The number of nitro benzene ring substituents is 1. The number of benzene rings is 1. The molecule has 0 amide bonds. The van der Waals surface area contributed by atoms with Crippen LogP contribution in [0.2, 0.25) is 0 Å². The van der Waals surface area contributed by atoms with Gasteiger partial charge in [0.25, 0.3) is 0 Å². The lowest BCUT2D eigenvalue weighted by atomic mass is 10.1. The van der Waals surface area contributed by atoms with Crippen LogP contribution in [0.5, 0.6) is 5.75 Å². The van der Waals surface area contributed by atoms with E-state index in [1.165, 1.54) is 0 Å². The average Bonchev–Trinajstić information content (AvgIpc) is 2.27. The van der Waals surface area contributed by atoms with E-state index in [9.17, 15) is 23.6 Å². The van der Waals surface area contributed by atoms with E-state index in [0.717, 1.165) is 18.2 Å². The van der Waals surface area contributed by atoms with Gasteiger partial charge in [0.2, 0.25) is 10.0 Å². The molecule has 0 saturated heterocycles. The maximum atomic E-state index is 12.0. The Kier molecular flexibility index (Phi) is 4.13. The third kappa shape index (κ3) is 3.63. The van der Waals surface area contributed by atoms with E-state index in [1.807, 2.05) is 0 Å². The number of aromatic hydroxyl groups is 1. The normalized spacial score (nSPS) is 12.4. The molecule has 1 rings (SSSR count). The molecule has 0 atom stereocenters. The fraction of sp³-hybridized carbons (Fsp3) is 0.400. The van der Waals surface area contributed by atoms with Gasteiger partial charge in [-0.25, -0.2) is 13.1 Å². The van der Waals surface area contributed by atoms with Crippen molar-refractivity contribution in [2.45, 2.75) is 24.3 Å². The largest absolute Gasteiger partial charge is 0.502 e. The second-order valence-corrected chi connectivity index (χ2v) is 6.28. The Morgan fingerprint density at radius 3 is 2.53 bits per heavy atom. The Bertz CT molecular complexity index is 597. The molecule has 0 aromatic heterocycles. The molecule has 0 bridgehead atoms. The van der Waals surface area contributed by atoms with Crippen LogP contribution in [-0.2, 0) is 10.0 Å². The van der Waals surface area contributed by atoms with Crippen molar-refractivity contribution in [1.82, 2.24) is 4.72 Å². The van der Waals surface area contributed by atoms with Crippen molar-refractivity contribution in [2.75, 3.05) is 6.54 Å². The Balaban J connectivity index is 3.23. The van der Waals surface area contributed by atoms with Gasteiger partial charge in [0.05, 0.1) is 9.82 Å². The third-order valence-corrected chi connectivity index (χ3v) is 4.07. The van der Waals surface area contributed by atoms with E-state index in [0.29, 0.717) is 0 Å². The molecule has 1 aromatic rings. The minimum atomic E-state index is -3.95. The van der Waals surface area contributed by atoms with Crippen LogP contribution in [-0.4, -0.2) is 30.5 Å². The number of hydrogen-bond donors (Lipinski definition) is 3. The van der Waals surface area contributed by atoms with Crippen LogP contribution in [0.1, 0.15) is 13.8 Å². The molecule has 0 aliphatic heterocycles. The zero-order chi connectivity index (χ0) is 14.8. The van der Waals surface area contributed by atoms with Gasteiger partial charge in [-0.2, -0.15) is 0 Å². The van der Waals surface area contributed by atoms with Gasteiger partial charge in [-0.05, 0) is 26.0 Å². The molecule has 0 aliphatic rings.